The van der Waals surface area contributed by atoms with Crippen molar-refractivity contribution in [2.24, 2.45) is 0 Å². The van der Waals surface area contributed by atoms with Crippen LogP contribution in [0.25, 0.3) is 0 Å². The average molecular weight is 525 g/mol. The van der Waals surface area contributed by atoms with Crippen LogP contribution in [0.2, 0.25) is 0 Å². The van der Waals surface area contributed by atoms with Crippen molar-refractivity contribution in [2.75, 3.05) is 27.1 Å². The molecule has 0 spiro atoms. The molecule has 2 aliphatic rings. The van der Waals surface area contributed by atoms with E-state index < -0.39 is 40.1 Å². The number of alkyl halides is 3. The summed E-state index contributed by atoms with van der Waals surface area (Å²) in [6, 6.07) is 9.77. The molecule has 0 aliphatic carbocycles. The fourth-order valence-corrected chi connectivity index (χ4v) is 3.70. The van der Waals surface area contributed by atoms with Gasteiger partial charge in [-0.15, -0.1) is 0 Å². The predicted octanol–water partition coefficient (Wildman–Crippen LogP) is 4.36. The molecular formula is C22H28Cl3NO7. The summed E-state index contributed by atoms with van der Waals surface area (Å²) < 4.78 is 38.3. The first kappa shape index (κ1) is 26.7. The summed E-state index contributed by atoms with van der Waals surface area (Å²) in [5, 5.41) is 7.73. The second-order valence-electron chi connectivity index (χ2n) is 7.96. The van der Waals surface area contributed by atoms with E-state index in [1.807, 2.05) is 44.2 Å². The van der Waals surface area contributed by atoms with Crippen LogP contribution in [0, 0.1) is 5.41 Å². The van der Waals surface area contributed by atoms with Gasteiger partial charge in [0, 0.05) is 7.11 Å². The number of nitrogens with one attached hydrogen (secondary N) is 1. The lowest BCUT2D eigenvalue weighted by Crippen LogP contribution is -2.39. The van der Waals surface area contributed by atoms with Crippen molar-refractivity contribution in [3.63, 3.8) is 0 Å². The Labute approximate surface area is 208 Å². The molecule has 0 bridgehead atoms. The number of ether oxygens (including phenoxy) is 7. The van der Waals surface area contributed by atoms with Gasteiger partial charge >= 0.3 is 0 Å². The van der Waals surface area contributed by atoms with Gasteiger partial charge in [0.05, 0.1) is 13.2 Å². The van der Waals surface area contributed by atoms with Gasteiger partial charge in [-0.25, -0.2) is 0 Å². The van der Waals surface area contributed by atoms with E-state index in [2.05, 4.69) is 0 Å². The second kappa shape index (κ2) is 11.7. The summed E-state index contributed by atoms with van der Waals surface area (Å²) in [6.45, 7) is 4.24. The zero-order valence-corrected chi connectivity index (χ0v) is 20.9. The number of methoxy groups -OCH3 is 1. The summed E-state index contributed by atoms with van der Waals surface area (Å²) in [5.41, 5.74) is 1.74. The van der Waals surface area contributed by atoms with Gasteiger partial charge in [-0.2, -0.15) is 0 Å². The van der Waals surface area contributed by atoms with Gasteiger partial charge in [0.25, 0.3) is 3.79 Å². The molecule has 0 amide bonds. The highest BCUT2D eigenvalue weighted by Gasteiger charge is 2.56. The fraction of sp³-hybridized carbons (Fsp3) is 0.591. The Hall–Kier alpha value is -0.940. The molecule has 184 valence electrons. The van der Waals surface area contributed by atoms with Gasteiger partial charge in [-0.05, 0) is 31.1 Å². The minimum absolute atomic E-state index is 0.0316. The minimum atomic E-state index is -1.95. The van der Waals surface area contributed by atoms with Crippen molar-refractivity contribution in [1.29, 1.82) is 5.41 Å². The summed E-state index contributed by atoms with van der Waals surface area (Å²) in [7, 11) is 1.54. The van der Waals surface area contributed by atoms with Crippen molar-refractivity contribution in [1.82, 2.24) is 0 Å². The van der Waals surface area contributed by atoms with Crippen molar-refractivity contribution in [3.8, 4) is 0 Å². The second-order valence-corrected chi connectivity index (χ2v) is 10.2. The standard InChI is InChI=1S/C22H28Cl3NO7/c1-21(2)32-18-17(30-13-27-3)16(31-19(18)33-21)15(9-10-29-20(26)22(23,24)25)12-28-11-14-7-5-4-6-8-14/h4-9,16-19,26H,10-13H2,1-3H3/b15-9-,26-20?/t16-,17+,18-,19-/m1/s1. The third kappa shape index (κ3) is 7.52. The Morgan fingerprint density at radius 1 is 1.18 bits per heavy atom. The number of hydrogen-bond donors (Lipinski definition) is 1. The maximum Gasteiger partial charge on any atom is 0.265 e. The molecule has 4 atom stereocenters. The summed E-state index contributed by atoms with van der Waals surface area (Å²) >= 11 is 17.1. The minimum Gasteiger partial charge on any atom is -0.474 e. The van der Waals surface area contributed by atoms with E-state index in [4.69, 9.17) is 73.4 Å². The topological polar surface area (TPSA) is 88.5 Å². The number of fused-ring (bicyclic) bond motifs is 1. The number of rotatable bonds is 10. The largest absolute Gasteiger partial charge is 0.474 e. The molecule has 3 rings (SSSR count). The van der Waals surface area contributed by atoms with Crippen LogP contribution in [0.5, 0.6) is 0 Å². The molecule has 0 saturated carbocycles. The smallest absolute Gasteiger partial charge is 0.265 e. The fourth-order valence-electron chi connectivity index (χ4n) is 3.54. The number of benzene rings is 1. The van der Waals surface area contributed by atoms with Gasteiger partial charge < -0.3 is 33.2 Å². The molecule has 8 nitrogen and oxygen atoms in total. The van der Waals surface area contributed by atoms with E-state index in [1.165, 1.54) is 7.11 Å². The van der Waals surface area contributed by atoms with Crippen LogP contribution in [0.1, 0.15) is 19.4 Å². The first-order chi connectivity index (χ1) is 15.6. The molecule has 2 aliphatic heterocycles. The van der Waals surface area contributed by atoms with Gasteiger partial charge in [-0.3, -0.25) is 5.41 Å². The van der Waals surface area contributed by atoms with Crippen molar-refractivity contribution < 1.29 is 33.2 Å². The molecule has 0 unspecified atom stereocenters. The molecule has 33 heavy (non-hydrogen) atoms. The van der Waals surface area contributed by atoms with Gasteiger partial charge in [0.1, 0.15) is 31.7 Å². The molecular weight excluding hydrogens is 497 g/mol. The van der Waals surface area contributed by atoms with Crippen LogP contribution >= 0.6 is 34.8 Å². The Balaban J connectivity index is 1.74. The average Bonchev–Trinajstić information content (AvgIpc) is 3.22. The van der Waals surface area contributed by atoms with E-state index in [0.717, 1.165) is 5.56 Å². The van der Waals surface area contributed by atoms with Crippen LogP contribution < -0.4 is 0 Å². The Morgan fingerprint density at radius 2 is 1.91 bits per heavy atom. The van der Waals surface area contributed by atoms with Crippen LogP contribution in [-0.4, -0.2) is 67.2 Å². The van der Waals surface area contributed by atoms with E-state index in [9.17, 15) is 0 Å². The highest BCUT2D eigenvalue weighted by Crippen LogP contribution is 2.41. The lowest BCUT2D eigenvalue weighted by Gasteiger charge is -2.27. The summed E-state index contributed by atoms with van der Waals surface area (Å²) in [5.74, 6) is -1.29. The first-order valence-electron chi connectivity index (χ1n) is 10.3. The Bertz CT molecular complexity index is 816. The normalized spacial score (nSPS) is 26.9. The SMILES string of the molecule is COCO[C@@H]1[C@H]2OC(C)(C)O[C@H]2O[C@@H]1/C(=C\COC(=N)C(Cl)(Cl)Cl)COCc1ccccc1. The lowest BCUT2D eigenvalue weighted by atomic mass is 10.0. The zero-order chi connectivity index (χ0) is 24.1. The van der Waals surface area contributed by atoms with E-state index in [1.54, 1.807) is 6.08 Å². The van der Waals surface area contributed by atoms with Crippen molar-refractivity contribution >= 4 is 40.7 Å². The van der Waals surface area contributed by atoms with E-state index >= 15 is 0 Å². The zero-order valence-electron chi connectivity index (χ0n) is 18.6. The van der Waals surface area contributed by atoms with E-state index in [-0.39, 0.29) is 20.0 Å². The quantitative estimate of drug-likeness (QED) is 0.160. The van der Waals surface area contributed by atoms with Crippen LogP contribution in [0.4, 0.5) is 0 Å². The van der Waals surface area contributed by atoms with Crippen molar-refractivity contribution in [3.05, 3.63) is 47.5 Å². The lowest BCUT2D eigenvalue weighted by molar-refractivity contribution is -0.219. The predicted molar refractivity (Wildman–Crippen MR) is 124 cm³/mol. The molecule has 2 saturated heterocycles. The highest BCUT2D eigenvalue weighted by molar-refractivity contribution is 6.76. The maximum atomic E-state index is 7.73. The highest BCUT2D eigenvalue weighted by atomic mass is 35.6. The van der Waals surface area contributed by atoms with E-state index in [0.29, 0.717) is 12.2 Å². The molecule has 1 aromatic rings. The van der Waals surface area contributed by atoms with Crippen LogP contribution in [0.15, 0.2) is 42.0 Å². The molecule has 0 aromatic heterocycles. The summed E-state index contributed by atoms with van der Waals surface area (Å²) in [6.07, 6.45) is -0.443. The van der Waals surface area contributed by atoms with Crippen LogP contribution in [-0.2, 0) is 39.8 Å². The first-order valence-corrected chi connectivity index (χ1v) is 11.4. The Kier molecular flexibility index (Phi) is 9.42. The molecule has 1 aromatic carbocycles. The maximum absolute atomic E-state index is 7.73. The molecule has 11 heteroatoms. The molecule has 0 radical (unpaired) electrons. The summed E-state index contributed by atoms with van der Waals surface area (Å²) in [4.78, 5) is 0. The Morgan fingerprint density at radius 3 is 2.58 bits per heavy atom. The third-order valence-corrected chi connectivity index (χ3v) is 5.46. The molecule has 2 fully saturated rings. The number of hydrogen-bond acceptors (Lipinski definition) is 8. The monoisotopic (exact) mass is 523 g/mol. The third-order valence-electron chi connectivity index (χ3n) is 4.95. The van der Waals surface area contributed by atoms with Crippen LogP contribution in [0.3, 0.4) is 0 Å². The van der Waals surface area contributed by atoms with Gasteiger partial charge in [0.15, 0.2) is 12.1 Å². The number of halogens is 3. The van der Waals surface area contributed by atoms with Gasteiger partial charge in [0.2, 0.25) is 5.90 Å². The molecule has 1 N–H and O–H groups in total. The van der Waals surface area contributed by atoms with Crippen molar-refractivity contribution in [2.45, 2.75) is 54.6 Å². The molecule has 2 heterocycles. The van der Waals surface area contributed by atoms with Gasteiger partial charge in [-0.1, -0.05) is 65.1 Å².